The van der Waals surface area contributed by atoms with Gasteiger partial charge in [0.2, 0.25) is 5.88 Å². The van der Waals surface area contributed by atoms with Crippen molar-refractivity contribution in [3.63, 3.8) is 0 Å². The molecule has 130 valence electrons. The van der Waals surface area contributed by atoms with Crippen LogP contribution in [0.4, 0.5) is 0 Å². The summed E-state index contributed by atoms with van der Waals surface area (Å²) in [4.78, 5) is 25.4. The van der Waals surface area contributed by atoms with Gasteiger partial charge in [-0.15, -0.1) is 0 Å². The van der Waals surface area contributed by atoms with Crippen LogP contribution in [0, 0.1) is 5.92 Å². The Labute approximate surface area is 147 Å². The van der Waals surface area contributed by atoms with Crippen molar-refractivity contribution < 1.29 is 9.53 Å². The van der Waals surface area contributed by atoms with Crippen molar-refractivity contribution in [2.24, 2.45) is 5.92 Å². The number of carbonyl (C=O) groups excluding carboxylic acids is 1. The summed E-state index contributed by atoms with van der Waals surface area (Å²) in [6, 6.07) is 8.09. The molecule has 2 fully saturated rings. The SMILES string of the molecule is COc1ccc(C(=O)N2CC[C@@H]3CN(Cc4ccncc4)[C@@H]3C2)cn1. The summed E-state index contributed by atoms with van der Waals surface area (Å²) in [5.74, 6) is 1.29. The minimum Gasteiger partial charge on any atom is -0.481 e. The first kappa shape index (κ1) is 16.0. The number of aromatic nitrogens is 2. The molecule has 0 saturated carbocycles. The predicted octanol–water partition coefficient (Wildman–Crippen LogP) is 1.83. The number of ether oxygens (including phenoxy) is 1. The third kappa shape index (κ3) is 3.22. The number of carbonyl (C=O) groups is 1. The van der Waals surface area contributed by atoms with E-state index in [0.29, 0.717) is 23.4 Å². The number of hydrogen-bond donors (Lipinski definition) is 0. The highest BCUT2D eigenvalue weighted by molar-refractivity contribution is 5.94. The molecule has 6 nitrogen and oxygen atoms in total. The molecule has 2 saturated heterocycles. The van der Waals surface area contributed by atoms with Gasteiger partial charge in [-0.05, 0) is 36.1 Å². The fourth-order valence-electron chi connectivity index (χ4n) is 3.80. The van der Waals surface area contributed by atoms with Crippen molar-refractivity contribution in [3.8, 4) is 5.88 Å². The molecule has 1 amide bonds. The van der Waals surface area contributed by atoms with Crippen LogP contribution >= 0.6 is 0 Å². The van der Waals surface area contributed by atoms with Crippen LogP contribution in [-0.4, -0.2) is 58.5 Å². The van der Waals surface area contributed by atoms with Gasteiger partial charge in [0.05, 0.1) is 12.7 Å². The third-order valence-corrected chi connectivity index (χ3v) is 5.27. The van der Waals surface area contributed by atoms with Crippen LogP contribution in [-0.2, 0) is 6.54 Å². The van der Waals surface area contributed by atoms with Gasteiger partial charge in [0.1, 0.15) is 0 Å². The van der Waals surface area contributed by atoms with Crippen LogP contribution in [0.2, 0.25) is 0 Å². The first-order chi connectivity index (χ1) is 12.2. The van der Waals surface area contributed by atoms with E-state index in [1.54, 1.807) is 25.4 Å². The average Bonchev–Trinajstić information content (AvgIpc) is 2.66. The number of likely N-dealkylation sites (tertiary alicyclic amines) is 2. The van der Waals surface area contributed by atoms with E-state index in [-0.39, 0.29) is 5.91 Å². The highest BCUT2D eigenvalue weighted by Crippen LogP contribution is 2.34. The summed E-state index contributed by atoms with van der Waals surface area (Å²) in [6.07, 6.45) is 6.34. The molecule has 4 rings (SSSR count). The highest BCUT2D eigenvalue weighted by Gasteiger charge is 2.43. The number of amides is 1. The van der Waals surface area contributed by atoms with Gasteiger partial charge >= 0.3 is 0 Å². The molecule has 2 aliphatic rings. The van der Waals surface area contributed by atoms with E-state index in [4.69, 9.17) is 4.74 Å². The van der Waals surface area contributed by atoms with Gasteiger partial charge < -0.3 is 9.64 Å². The average molecular weight is 338 g/mol. The molecule has 2 aromatic heterocycles. The van der Waals surface area contributed by atoms with Crippen molar-refractivity contribution >= 4 is 5.91 Å². The summed E-state index contributed by atoms with van der Waals surface area (Å²) >= 11 is 0. The zero-order chi connectivity index (χ0) is 17.2. The number of piperidine rings is 1. The molecule has 2 aromatic rings. The second-order valence-corrected chi connectivity index (χ2v) is 6.74. The molecule has 0 bridgehead atoms. The monoisotopic (exact) mass is 338 g/mol. The zero-order valence-corrected chi connectivity index (χ0v) is 14.3. The van der Waals surface area contributed by atoms with E-state index >= 15 is 0 Å². The Morgan fingerprint density at radius 1 is 1.24 bits per heavy atom. The first-order valence-electron chi connectivity index (χ1n) is 8.67. The lowest BCUT2D eigenvalue weighted by atomic mass is 9.82. The smallest absolute Gasteiger partial charge is 0.255 e. The van der Waals surface area contributed by atoms with Crippen LogP contribution in [0.3, 0.4) is 0 Å². The van der Waals surface area contributed by atoms with Crippen LogP contribution in [0.15, 0.2) is 42.9 Å². The standard InChI is InChI=1S/C19H22N4O2/c1-25-18-3-2-15(10-21-18)19(24)22-9-6-16-12-23(17(16)13-22)11-14-4-7-20-8-5-14/h2-5,7-8,10,16-17H,6,9,11-13H2,1H3/t16-,17-/m1/s1. The van der Waals surface area contributed by atoms with Crippen molar-refractivity contribution in [1.82, 2.24) is 19.8 Å². The van der Waals surface area contributed by atoms with E-state index in [1.165, 1.54) is 5.56 Å². The van der Waals surface area contributed by atoms with E-state index in [9.17, 15) is 4.79 Å². The van der Waals surface area contributed by atoms with Gasteiger partial charge in [0.25, 0.3) is 5.91 Å². The van der Waals surface area contributed by atoms with E-state index in [1.807, 2.05) is 17.3 Å². The summed E-state index contributed by atoms with van der Waals surface area (Å²) in [5, 5.41) is 0. The molecule has 0 unspecified atom stereocenters. The highest BCUT2D eigenvalue weighted by atomic mass is 16.5. The molecule has 2 atom stereocenters. The van der Waals surface area contributed by atoms with E-state index in [0.717, 1.165) is 32.6 Å². The van der Waals surface area contributed by atoms with Gasteiger partial charge in [-0.2, -0.15) is 0 Å². The Balaban J connectivity index is 1.40. The predicted molar refractivity (Wildman–Crippen MR) is 93.2 cm³/mol. The Bertz CT molecular complexity index is 735. The molecule has 4 heterocycles. The Hall–Kier alpha value is -2.47. The molecular formula is C19H22N4O2. The summed E-state index contributed by atoms with van der Waals surface area (Å²) in [6.45, 7) is 3.67. The lowest BCUT2D eigenvalue weighted by Gasteiger charge is -2.53. The van der Waals surface area contributed by atoms with Crippen molar-refractivity contribution in [2.45, 2.75) is 19.0 Å². The summed E-state index contributed by atoms with van der Waals surface area (Å²) < 4.78 is 5.06. The van der Waals surface area contributed by atoms with Gasteiger partial charge in [0.15, 0.2) is 0 Å². The fourth-order valence-corrected chi connectivity index (χ4v) is 3.80. The maximum absolute atomic E-state index is 12.8. The van der Waals surface area contributed by atoms with Crippen LogP contribution in [0.1, 0.15) is 22.3 Å². The number of nitrogens with zero attached hydrogens (tertiary/aromatic N) is 4. The molecule has 0 radical (unpaired) electrons. The second kappa shape index (κ2) is 6.80. The van der Waals surface area contributed by atoms with Gasteiger partial charge in [-0.3, -0.25) is 14.7 Å². The second-order valence-electron chi connectivity index (χ2n) is 6.74. The first-order valence-corrected chi connectivity index (χ1v) is 8.67. The van der Waals surface area contributed by atoms with E-state index < -0.39 is 0 Å². The normalized spacial score (nSPS) is 22.8. The van der Waals surface area contributed by atoms with Crippen LogP contribution in [0.25, 0.3) is 0 Å². The van der Waals surface area contributed by atoms with E-state index in [2.05, 4.69) is 27.0 Å². The van der Waals surface area contributed by atoms with Gasteiger partial charge in [0, 0.05) is 56.9 Å². The van der Waals surface area contributed by atoms with Crippen LogP contribution < -0.4 is 4.74 Å². The minimum absolute atomic E-state index is 0.0596. The number of hydrogen-bond acceptors (Lipinski definition) is 5. The van der Waals surface area contributed by atoms with Crippen molar-refractivity contribution in [2.75, 3.05) is 26.7 Å². The number of fused-ring (bicyclic) bond motifs is 1. The molecule has 0 aromatic carbocycles. The topological polar surface area (TPSA) is 58.6 Å². The lowest BCUT2D eigenvalue weighted by molar-refractivity contribution is -0.0427. The largest absolute Gasteiger partial charge is 0.481 e. The quantitative estimate of drug-likeness (QED) is 0.851. The molecular weight excluding hydrogens is 316 g/mol. The van der Waals surface area contributed by atoms with Gasteiger partial charge in [-0.1, -0.05) is 0 Å². The Morgan fingerprint density at radius 3 is 2.80 bits per heavy atom. The number of pyridine rings is 2. The summed E-state index contributed by atoms with van der Waals surface area (Å²) in [5.41, 5.74) is 1.90. The Kier molecular flexibility index (Phi) is 4.36. The molecule has 0 spiro atoms. The van der Waals surface area contributed by atoms with Crippen molar-refractivity contribution in [1.29, 1.82) is 0 Å². The Morgan fingerprint density at radius 2 is 2.08 bits per heavy atom. The number of rotatable bonds is 4. The third-order valence-electron chi connectivity index (χ3n) is 5.27. The van der Waals surface area contributed by atoms with Crippen molar-refractivity contribution in [3.05, 3.63) is 54.0 Å². The molecule has 6 heteroatoms. The maximum Gasteiger partial charge on any atom is 0.255 e. The molecule has 0 aliphatic carbocycles. The zero-order valence-electron chi connectivity index (χ0n) is 14.3. The van der Waals surface area contributed by atoms with Crippen LogP contribution in [0.5, 0.6) is 5.88 Å². The molecule has 2 aliphatic heterocycles. The lowest BCUT2D eigenvalue weighted by Crippen LogP contribution is -2.64. The summed E-state index contributed by atoms with van der Waals surface area (Å²) in [7, 11) is 1.57. The fraction of sp³-hybridized carbons (Fsp3) is 0.421. The number of methoxy groups -OCH3 is 1. The van der Waals surface area contributed by atoms with Gasteiger partial charge in [-0.25, -0.2) is 4.98 Å². The minimum atomic E-state index is 0.0596. The molecule has 0 N–H and O–H groups in total. The molecule has 25 heavy (non-hydrogen) atoms. The maximum atomic E-state index is 12.8.